The molecule has 0 aromatic heterocycles. The highest BCUT2D eigenvalue weighted by Crippen LogP contribution is 2.22. The van der Waals surface area contributed by atoms with Gasteiger partial charge in [0, 0.05) is 11.4 Å². The third-order valence-corrected chi connectivity index (χ3v) is 3.43. The summed E-state index contributed by atoms with van der Waals surface area (Å²) in [4.78, 5) is 12.3. The molecule has 106 valence electrons. The number of hydrogen-bond acceptors (Lipinski definition) is 3. The third kappa shape index (κ3) is 3.40. The molecule has 2 aromatic carbocycles. The molecule has 0 radical (unpaired) electrons. The Hall–Kier alpha value is -2.80. The normalized spacial score (nSPS) is 11.5. The second kappa shape index (κ2) is 6.10. The lowest BCUT2D eigenvalue weighted by Crippen LogP contribution is -2.19. The fourth-order valence-corrected chi connectivity index (χ4v) is 2.05. The topological polar surface area (TPSA) is 78.9 Å². The number of rotatable bonds is 3. The first-order valence-corrected chi connectivity index (χ1v) is 6.68. The summed E-state index contributed by atoms with van der Waals surface area (Å²) in [7, 11) is 0. The van der Waals surface area contributed by atoms with Crippen LogP contribution in [0.2, 0.25) is 0 Å². The molecule has 0 aliphatic heterocycles. The minimum absolute atomic E-state index is 0.126. The Morgan fingerprint density at radius 3 is 2.71 bits per heavy atom. The molecule has 0 heterocycles. The van der Waals surface area contributed by atoms with E-state index in [1.807, 2.05) is 32.0 Å². The number of hydrogen-bond donors (Lipinski definition) is 2. The smallest absolute Gasteiger partial charge is 0.231 e. The molecule has 0 saturated heterocycles. The van der Waals surface area contributed by atoms with Crippen LogP contribution < -0.4 is 11.1 Å². The van der Waals surface area contributed by atoms with Crippen LogP contribution in [0.1, 0.15) is 29.5 Å². The number of benzene rings is 2. The number of anilines is 2. The Kier molecular flexibility index (Phi) is 4.24. The van der Waals surface area contributed by atoms with E-state index in [2.05, 4.69) is 11.4 Å². The first kappa shape index (κ1) is 14.6. The fraction of sp³-hybridized carbons (Fsp3) is 0.176. The van der Waals surface area contributed by atoms with Crippen molar-refractivity contribution in [2.75, 3.05) is 11.1 Å². The van der Waals surface area contributed by atoms with Crippen molar-refractivity contribution in [3.05, 3.63) is 59.2 Å². The van der Waals surface area contributed by atoms with Crippen LogP contribution in [-0.2, 0) is 4.79 Å². The summed E-state index contributed by atoms with van der Waals surface area (Å²) >= 11 is 0. The van der Waals surface area contributed by atoms with Crippen LogP contribution >= 0.6 is 0 Å². The molecule has 3 N–H and O–H groups in total. The van der Waals surface area contributed by atoms with E-state index in [9.17, 15) is 4.79 Å². The molecule has 0 spiro atoms. The van der Waals surface area contributed by atoms with Crippen molar-refractivity contribution in [2.45, 2.75) is 19.8 Å². The minimum atomic E-state index is -0.321. The summed E-state index contributed by atoms with van der Waals surface area (Å²) in [6, 6.07) is 14.6. The van der Waals surface area contributed by atoms with Gasteiger partial charge in [-0.2, -0.15) is 5.26 Å². The minimum Gasteiger partial charge on any atom is -0.399 e. The molecule has 0 aliphatic carbocycles. The standard InChI is InChI=1S/C17H17N3O/c1-11-6-7-13(10-18)8-16(11)20-17(21)12(2)14-4-3-5-15(19)9-14/h3-9,12H,19H2,1-2H3,(H,20,21). The number of aryl methyl sites for hydroxylation is 1. The van der Waals surface area contributed by atoms with Gasteiger partial charge in [-0.1, -0.05) is 18.2 Å². The monoisotopic (exact) mass is 279 g/mol. The second-order valence-corrected chi connectivity index (χ2v) is 5.02. The molecule has 2 rings (SSSR count). The number of carbonyl (C=O) groups excluding carboxylic acids is 1. The largest absolute Gasteiger partial charge is 0.399 e. The average molecular weight is 279 g/mol. The van der Waals surface area contributed by atoms with E-state index in [-0.39, 0.29) is 11.8 Å². The molecule has 1 unspecified atom stereocenters. The van der Waals surface area contributed by atoms with Gasteiger partial charge in [0.15, 0.2) is 0 Å². The molecule has 1 amide bonds. The number of nitrogens with one attached hydrogen (secondary N) is 1. The van der Waals surface area contributed by atoms with Gasteiger partial charge in [-0.05, 0) is 49.2 Å². The molecule has 0 bridgehead atoms. The number of nitriles is 1. The Labute approximate surface area is 124 Å². The van der Waals surface area contributed by atoms with E-state index >= 15 is 0 Å². The maximum Gasteiger partial charge on any atom is 0.231 e. The summed E-state index contributed by atoms with van der Waals surface area (Å²) < 4.78 is 0. The average Bonchev–Trinajstić information content (AvgIpc) is 2.48. The molecule has 2 aromatic rings. The van der Waals surface area contributed by atoms with Crippen LogP contribution in [0.4, 0.5) is 11.4 Å². The maximum absolute atomic E-state index is 12.3. The molecule has 1 atom stereocenters. The Morgan fingerprint density at radius 2 is 2.05 bits per heavy atom. The number of nitrogens with two attached hydrogens (primary N) is 1. The van der Waals surface area contributed by atoms with Crippen LogP contribution in [0, 0.1) is 18.3 Å². The van der Waals surface area contributed by atoms with Crippen molar-refractivity contribution in [3.63, 3.8) is 0 Å². The SMILES string of the molecule is Cc1ccc(C#N)cc1NC(=O)C(C)c1cccc(N)c1. The van der Waals surface area contributed by atoms with Gasteiger partial charge in [-0.3, -0.25) is 4.79 Å². The van der Waals surface area contributed by atoms with E-state index in [0.29, 0.717) is 16.9 Å². The Balaban J connectivity index is 2.20. The number of carbonyl (C=O) groups is 1. The Bertz CT molecular complexity index is 716. The number of amides is 1. The molecule has 0 saturated carbocycles. The first-order chi connectivity index (χ1) is 10.0. The van der Waals surface area contributed by atoms with Crippen molar-refractivity contribution in [1.29, 1.82) is 5.26 Å². The van der Waals surface area contributed by atoms with Gasteiger partial charge in [-0.15, -0.1) is 0 Å². The lowest BCUT2D eigenvalue weighted by atomic mass is 9.99. The molecular weight excluding hydrogens is 262 g/mol. The summed E-state index contributed by atoms with van der Waals surface area (Å²) in [5, 5.41) is 11.8. The highest BCUT2D eigenvalue weighted by atomic mass is 16.1. The molecule has 21 heavy (non-hydrogen) atoms. The summed E-state index contributed by atoms with van der Waals surface area (Å²) in [6.45, 7) is 3.72. The fourth-order valence-electron chi connectivity index (χ4n) is 2.05. The van der Waals surface area contributed by atoms with Crippen molar-refractivity contribution in [3.8, 4) is 6.07 Å². The Morgan fingerprint density at radius 1 is 1.29 bits per heavy atom. The van der Waals surface area contributed by atoms with Crippen LogP contribution in [0.5, 0.6) is 0 Å². The zero-order valence-electron chi connectivity index (χ0n) is 12.1. The summed E-state index contributed by atoms with van der Waals surface area (Å²) in [5.41, 5.74) is 9.34. The lowest BCUT2D eigenvalue weighted by Gasteiger charge is -2.14. The van der Waals surface area contributed by atoms with Crippen LogP contribution in [0.25, 0.3) is 0 Å². The summed E-state index contributed by atoms with van der Waals surface area (Å²) in [5.74, 6) is -0.447. The lowest BCUT2D eigenvalue weighted by molar-refractivity contribution is -0.117. The summed E-state index contributed by atoms with van der Waals surface area (Å²) in [6.07, 6.45) is 0. The van der Waals surface area contributed by atoms with Crippen molar-refractivity contribution < 1.29 is 4.79 Å². The van der Waals surface area contributed by atoms with E-state index in [1.165, 1.54) is 0 Å². The van der Waals surface area contributed by atoms with Gasteiger partial charge in [0.2, 0.25) is 5.91 Å². The van der Waals surface area contributed by atoms with Crippen molar-refractivity contribution in [1.82, 2.24) is 0 Å². The maximum atomic E-state index is 12.3. The van der Waals surface area contributed by atoms with E-state index in [0.717, 1.165) is 11.1 Å². The first-order valence-electron chi connectivity index (χ1n) is 6.68. The zero-order valence-corrected chi connectivity index (χ0v) is 12.1. The predicted molar refractivity (Wildman–Crippen MR) is 83.8 cm³/mol. The van der Waals surface area contributed by atoms with E-state index < -0.39 is 0 Å². The highest BCUT2D eigenvalue weighted by Gasteiger charge is 2.16. The van der Waals surface area contributed by atoms with Crippen LogP contribution in [-0.4, -0.2) is 5.91 Å². The van der Waals surface area contributed by atoms with Gasteiger partial charge in [-0.25, -0.2) is 0 Å². The third-order valence-electron chi connectivity index (χ3n) is 3.43. The van der Waals surface area contributed by atoms with Gasteiger partial charge in [0.1, 0.15) is 0 Å². The highest BCUT2D eigenvalue weighted by molar-refractivity contribution is 5.96. The predicted octanol–water partition coefficient (Wildman–Crippen LogP) is 3.19. The van der Waals surface area contributed by atoms with Crippen molar-refractivity contribution in [2.24, 2.45) is 0 Å². The molecular formula is C17H17N3O. The zero-order chi connectivity index (χ0) is 15.4. The van der Waals surface area contributed by atoms with Gasteiger partial charge >= 0.3 is 0 Å². The molecule has 0 fully saturated rings. The van der Waals surface area contributed by atoms with Gasteiger partial charge in [0.05, 0.1) is 17.6 Å². The van der Waals surface area contributed by atoms with Crippen LogP contribution in [0.3, 0.4) is 0 Å². The van der Waals surface area contributed by atoms with Gasteiger partial charge < -0.3 is 11.1 Å². The molecule has 0 aliphatic rings. The van der Waals surface area contributed by atoms with E-state index in [4.69, 9.17) is 11.0 Å². The second-order valence-electron chi connectivity index (χ2n) is 5.02. The molecule has 4 heteroatoms. The number of nitrogen functional groups attached to an aromatic ring is 1. The quantitative estimate of drug-likeness (QED) is 0.847. The van der Waals surface area contributed by atoms with E-state index in [1.54, 1.807) is 24.3 Å². The van der Waals surface area contributed by atoms with Crippen molar-refractivity contribution >= 4 is 17.3 Å². The van der Waals surface area contributed by atoms with Crippen LogP contribution in [0.15, 0.2) is 42.5 Å². The van der Waals surface area contributed by atoms with Gasteiger partial charge in [0.25, 0.3) is 0 Å². The molecule has 4 nitrogen and oxygen atoms in total. The number of nitrogens with zero attached hydrogens (tertiary/aromatic N) is 1.